The van der Waals surface area contributed by atoms with E-state index in [9.17, 15) is 18.4 Å². The van der Waals surface area contributed by atoms with Gasteiger partial charge in [0, 0.05) is 37.5 Å². The molecule has 1 aliphatic heterocycles. The Morgan fingerprint density at radius 3 is 2.44 bits per heavy atom. The molecule has 1 aromatic heterocycles. The van der Waals surface area contributed by atoms with Crippen molar-refractivity contribution in [1.82, 2.24) is 9.97 Å². The molecule has 27 heavy (non-hydrogen) atoms. The van der Waals surface area contributed by atoms with Crippen molar-refractivity contribution in [3.63, 3.8) is 0 Å². The molecule has 1 saturated heterocycles. The molecule has 142 valence electrons. The van der Waals surface area contributed by atoms with Crippen molar-refractivity contribution in [3.8, 4) is 0 Å². The van der Waals surface area contributed by atoms with Crippen LogP contribution < -0.4 is 10.2 Å². The van der Waals surface area contributed by atoms with Gasteiger partial charge in [-0.15, -0.1) is 0 Å². The first-order chi connectivity index (χ1) is 13.0. The Morgan fingerprint density at radius 1 is 1.15 bits per heavy atom. The average molecular weight is 376 g/mol. The molecule has 0 atom stereocenters. The van der Waals surface area contributed by atoms with E-state index in [4.69, 9.17) is 0 Å². The molecule has 2 heterocycles. The number of nitrogens with one attached hydrogen (secondary N) is 1. The predicted molar refractivity (Wildman–Crippen MR) is 93.3 cm³/mol. The van der Waals surface area contributed by atoms with Crippen LogP contribution in [0, 0.1) is 17.6 Å². The van der Waals surface area contributed by atoms with Crippen molar-refractivity contribution in [1.29, 1.82) is 0 Å². The summed E-state index contributed by atoms with van der Waals surface area (Å²) in [6, 6.07) is 3.22. The lowest BCUT2D eigenvalue weighted by Crippen LogP contribution is -2.39. The Kier molecular flexibility index (Phi) is 5.58. The summed E-state index contributed by atoms with van der Waals surface area (Å²) < 4.78 is 32.1. The van der Waals surface area contributed by atoms with Gasteiger partial charge in [-0.25, -0.2) is 23.5 Å². The molecule has 9 heteroatoms. The van der Waals surface area contributed by atoms with Crippen LogP contribution in [-0.4, -0.2) is 42.0 Å². The second kappa shape index (κ2) is 8.07. The highest BCUT2D eigenvalue weighted by Gasteiger charge is 2.27. The molecule has 3 rings (SSSR count). The Hall–Kier alpha value is -3.10. The standard InChI is InChI=1S/C18H18F2N4O3/c1-27-17(26)12-9-15(14(20)10-13(12)19)23-16(25)11-3-7-24(8-4-11)18-21-5-2-6-22-18/h2,5-6,9-11H,3-4,7-8H2,1H3,(H,23,25). The summed E-state index contributed by atoms with van der Waals surface area (Å²) in [4.78, 5) is 34.3. The monoisotopic (exact) mass is 376 g/mol. The summed E-state index contributed by atoms with van der Waals surface area (Å²) in [5, 5.41) is 2.44. The van der Waals surface area contributed by atoms with Gasteiger partial charge in [-0.3, -0.25) is 4.79 Å². The average Bonchev–Trinajstić information content (AvgIpc) is 2.70. The number of carbonyl (C=O) groups excluding carboxylic acids is 2. The van der Waals surface area contributed by atoms with E-state index in [1.165, 1.54) is 0 Å². The molecule has 1 aliphatic rings. The molecule has 0 unspecified atom stereocenters. The molecule has 0 spiro atoms. The molecule has 0 radical (unpaired) electrons. The first-order valence-corrected chi connectivity index (χ1v) is 8.39. The number of piperidine rings is 1. The van der Waals surface area contributed by atoms with Crippen LogP contribution >= 0.6 is 0 Å². The summed E-state index contributed by atoms with van der Waals surface area (Å²) in [6.07, 6.45) is 4.38. The quantitative estimate of drug-likeness (QED) is 0.825. The highest BCUT2D eigenvalue weighted by molar-refractivity contribution is 5.95. The zero-order valence-electron chi connectivity index (χ0n) is 14.6. The maximum atomic E-state index is 14.0. The number of halogens is 2. The van der Waals surface area contributed by atoms with Gasteiger partial charge in [-0.1, -0.05) is 0 Å². The van der Waals surface area contributed by atoms with Gasteiger partial charge < -0.3 is 15.0 Å². The van der Waals surface area contributed by atoms with Crippen molar-refractivity contribution >= 4 is 23.5 Å². The molecular formula is C18H18F2N4O3. The third-order valence-electron chi connectivity index (χ3n) is 4.42. The first-order valence-electron chi connectivity index (χ1n) is 8.39. The van der Waals surface area contributed by atoms with E-state index in [1.54, 1.807) is 18.5 Å². The maximum absolute atomic E-state index is 14.0. The summed E-state index contributed by atoms with van der Waals surface area (Å²) in [5.74, 6) is -3.07. The van der Waals surface area contributed by atoms with Gasteiger partial charge in [-0.2, -0.15) is 0 Å². The number of hydrogen-bond acceptors (Lipinski definition) is 6. The highest BCUT2D eigenvalue weighted by Crippen LogP contribution is 2.24. The fraction of sp³-hybridized carbons (Fsp3) is 0.333. The van der Waals surface area contributed by atoms with Crippen LogP contribution in [0.3, 0.4) is 0 Å². The van der Waals surface area contributed by atoms with Gasteiger partial charge in [0.05, 0.1) is 18.4 Å². The minimum atomic E-state index is -1.05. The van der Waals surface area contributed by atoms with E-state index in [2.05, 4.69) is 20.0 Å². The van der Waals surface area contributed by atoms with Gasteiger partial charge in [0.25, 0.3) is 0 Å². The predicted octanol–water partition coefficient (Wildman–Crippen LogP) is 2.40. The molecule has 1 aromatic carbocycles. The van der Waals surface area contributed by atoms with E-state index in [-0.39, 0.29) is 17.5 Å². The zero-order valence-corrected chi connectivity index (χ0v) is 14.6. The Morgan fingerprint density at radius 2 is 1.81 bits per heavy atom. The molecule has 1 N–H and O–H groups in total. The van der Waals surface area contributed by atoms with Crippen LogP contribution in [0.25, 0.3) is 0 Å². The second-order valence-electron chi connectivity index (χ2n) is 6.10. The summed E-state index contributed by atoms with van der Waals surface area (Å²) in [5.41, 5.74) is -0.694. The van der Waals surface area contributed by atoms with E-state index in [0.717, 1.165) is 13.2 Å². The molecule has 7 nitrogen and oxygen atoms in total. The Balaban J connectivity index is 1.65. The topological polar surface area (TPSA) is 84.4 Å². The summed E-state index contributed by atoms with van der Waals surface area (Å²) in [6.45, 7) is 1.17. The zero-order chi connectivity index (χ0) is 19.4. The number of anilines is 2. The van der Waals surface area contributed by atoms with Crippen molar-refractivity contribution < 1.29 is 23.1 Å². The van der Waals surface area contributed by atoms with Gasteiger partial charge in [0.2, 0.25) is 11.9 Å². The lowest BCUT2D eigenvalue weighted by molar-refractivity contribution is -0.120. The number of ether oxygens (including phenoxy) is 1. The van der Waals surface area contributed by atoms with Crippen LogP contribution in [0.2, 0.25) is 0 Å². The van der Waals surface area contributed by atoms with Crippen LogP contribution in [0.1, 0.15) is 23.2 Å². The highest BCUT2D eigenvalue weighted by atomic mass is 19.1. The van der Waals surface area contributed by atoms with Gasteiger partial charge >= 0.3 is 5.97 Å². The molecule has 0 bridgehead atoms. The number of carbonyl (C=O) groups is 2. The SMILES string of the molecule is COC(=O)c1cc(NC(=O)C2CCN(c3ncccn3)CC2)c(F)cc1F. The van der Waals surface area contributed by atoms with Crippen molar-refractivity contribution in [2.45, 2.75) is 12.8 Å². The van der Waals surface area contributed by atoms with Crippen molar-refractivity contribution in [3.05, 3.63) is 47.8 Å². The minimum absolute atomic E-state index is 0.254. The van der Waals surface area contributed by atoms with E-state index in [1.807, 2.05) is 4.90 Å². The third kappa shape index (κ3) is 4.18. The Bertz CT molecular complexity index is 840. The Labute approximate surface area is 154 Å². The van der Waals surface area contributed by atoms with Gasteiger partial charge in [-0.05, 0) is 25.0 Å². The fourth-order valence-electron chi connectivity index (χ4n) is 2.94. The fourth-order valence-corrected chi connectivity index (χ4v) is 2.94. The molecule has 0 aliphatic carbocycles. The number of amides is 1. The van der Waals surface area contributed by atoms with E-state index < -0.39 is 23.2 Å². The number of nitrogens with zero attached hydrogens (tertiary/aromatic N) is 3. The second-order valence-corrected chi connectivity index (χ2v) is 6.10. The minimum Gasteiger partial charge on any atom is -0.465 e. The molecule has 1 amide bonds. The maximum Gasteiger partial charge on any atom is 0.340 e. The van der Waals surface area contributed by atoms with Gasteiger partial charge in [0.1, 0.15) is 11.6 Å². The third-order valence-corrected chi connectivity index (χ3v) is 4.42. The molecule has 0 saturated carbocycles. The summed E-state index contributed by atoms with van der Waals surface area (Å²) >= 11 is 0. The number of rotatable bonds is 4. The summed E-state index contributed by atoms with van der Waals surface area (Å²) in [7, 11) is 1.09. The van der Waals surface area contributed by atoms with Gasteiger partial charge in [0.15, 0.2) is 0 Å². The van der Waals surface area contributed by atoms with Crippen LogP contribution in [-0.2, 0) is 9.53 Å². The first kappa shape index (κ1) is 18.7. The number of esters is 1. The van der Waals surface area contributed by atoms with Crippen molar-refractivity contribution in [2.75, 3.05) is 30.4 Å². The molecule has 2 aromatic rings. The largest absolute Gasteiger partial charge is 0.465 e. The van der Waals surface area contributed by atoms with Crippen molar-refractivity contribution in [2.24, 2.45) is 5.92 Å². The number of benzene rings is 1. The number of aromatic nitrogens is 2. The van der Waals surface area contributed by atoms with Crippen LogP contribution in [0.15, 0.2) is 30.6 Å². The van der Waals surface area contributed by atoms with E-state index >= 15 is 0 Å². The molecular weight excluding hydrogens is 358 g/mol. The smallest absolute Gasteiger partial charge is 0.340 e. The normalized spacial score (nSPS) is 14.7. The van der Waals surface area contributed by atoms with E-state index in [0.29, 0.717) is 37.9 Å². The lowest BCUT2D eigenvalue weighted by atomic mass is 9.96. The lowest BCUT2D eigenvalue weighted by Gasteiger charge is -2.31. The number of hydrogen-bond donors (Lipinski definition) is 1. The van der Waals surface area contributed by atoms with Crippen LogP contribution in [0.4, 0.5) is 20.4 Å². The number of methoxy groups -OCH3 is 1. The molecule has 1 fully saturated rings. The van der Waals surface area contributed by atoms with Crippen LogP contribution in [0.5, 0.6) is 0 Å².